The Morgan fingerprint density at radius 3 is 2.45 bits per heavy atom. The Bertz CT molecular complexity index is 1020. The number of aromatic nitrogens is 2. The lowest BCUT2D eigenvalue weighted by Gasteiger charge is -2.12. The van der Waals surface area contributed by atoms with Gasteiger partial charge in [-0.05, 0) is 5.56 Å². The number of benzene rings is 2. The van der Waals surface area contributed by atoms with Gasteiger partial charge in [0.05, 0.1) is 14.2 Å². The highest BCUT2D eigenvalue weighted by atomic mass is 16.5. The maximum absolute atomic E-state index is 5.31. The third-order valence-corrected chi connectivity index (χ3v) is 4.22. The van der Waals surface area contributed by atoms with E-state index < -0.39 is 0 Å². The van der Waals surface area contributed by atoms with Crippen LogP contribution in [0.5, 0.6) is 11.5 Å². The first-order valence-corrected chi connectivity index (χ1v) is 9.12. The summed E-state index contributed by atoms with van der Waals surface area (Å²) in [6, 6.07) is 15.6. The van der Waals surface area contributed by atoms with Crippen molar-refractivity contribution in [2.24, 2.45) is 12.0 Å². The van der Waals surface area contributed by atoms with Gasteiger partial charge in [0.25, 0.3) is 0 Å². The molecule has 0 saturated carbocycles. The molecule has 29 heavy (non-hydrogen) atoms. The summed E-state index contributed by atoms with van der Waals surface area (Å²) in [5.74, 6) is 2.49. The highest BCUT2D eigenvalue weighted by molar-refractivity contribution is 5.56. The van der Waals surface area contributed by atoms with Gasteiger partial charge in [-0.2, -0.15) is 0 Å². The van der Waals surface area contributed by atoms with Gasteiger partial charge in [-0.15, -0.1) is 0 Å². The topological polar surface area (TPSA) is 72.7 Å². The Morgan fingerprint density at radius 1 is 1.10 bits per heavy atom. The van der Waals surface area contributed by atoms with Gasteiger partial charge < -0.3 is 24.7 Å². The van der Waals surface area contributed by atoms with E-state index in [1.54, 1.807) is 26.5 Å². The average molecular weight is 391 g/mol. The SMILES string of the molecule is C=C(/N=c1/c(NCc2ccccc2)nccn1C)Nc1cc(OC)cc(OC)c1. The number of aryl methyl sites for hydroxylation is 1. The second-order valence-corrected chi connectivity index (χ2v) is 6.33. The summed E-state index contributed by atoms with van der Waals surface area (Å²) in [6.07, 6.45) is 3.57. The molecule has 2 N–H and O–H groups in total. The second kappa shape index (κ2) is 9.45. The summed E-state index contributed by atoms with van der Waals surface area (Å²) in [5, 5.41) is 6.52. The summed E-state index contributed by atoms with van der Waals surface area (Å²) in [6.45, 7) is 4.67. The number of ether oxygens (including phenoxy) is 2. The second-order valence-electron chi connectivity index (χ2n) is 6.33. The Kier molecular flexibility index (Phi) is 6.52. The molecule has 7 nitrogen and oxygen atoms in total. The van der Waals surface area contributed by atoms with Crippen LogP contribution in [0.1, 0.15) is 5.56 Å². The number of nitrogens with zero attached hydrogens (tertiary/aromatic N) is 3. The van der Waals surface area contributed by atoms with Crippen molar-refractivity contribution in [3.05, 3.63) is 84.4 Å². The van der Waals surface area contributed by atoms with Gasteiger partial charge in [0, 0.05) is 49.9 Å². The maximum atomic E-state index is 5.31. The molecule has 0 fully saturated rings. The summed E-state index contributed by atoms with van der Waals surface area (Å²) in [7, 11) is 5.13. The molecule has 0 radical (unpaired) electrons. The number of hydrogen-bond acceptors (Lipinski definition) is 6. The molecule has 3 rings (SSSR count). The zero-order valence-electron chi connectivity index (χ0n) is 16.8. The van der Waals surface area contributed by atoms with Crippen molar-refractivity contribution in [3.8, 4) is 11.5 Å². The van der Waals surface area contributed by atoms with Gasteiger partial charge in [-0.3, -0.25) is 0 Å². The van der Waals surface area contributed by atoms with E-state index in [1.807, 2.05) is 48.1 Å². The van der Waals surface area contributed by atoms with Crippen LogP contribution in [0.25, 0.3) is 0 Å². The smallest absolute Gasteiger partial charge is 0.177 e. The monoisotopic (exact) mass is 391 g/mol. The van der Waals surface area contributed by atoms with Crippen LogP contribution in [0, 0.1) is 0 Å². The number of anilines is 2. The lowest BCUT2D eigenvalue weighted by Crippen LogP contribution is -2.24. The molecular formula is C22H25N5O2. The fraction of sp³-hybridized carbons (Fsp3) is 0.182. The lowest BCUT2D eigenvalue weighted by atomic mass is 10.2. The maximum Gasteiger partial charge on any atom is 0.177 e. The molecule has 0 saturated heterocycles. The fourth-order valence-corrected chi connectivity index (χ4v) is 2.74. The molecule has 0 bridgehead atoms. The Balaban J connectivity index is 1.83. The van der Waals surface area contributed by atoms with Gasteiger partial charge >= 0.3 is 0 Å². The third-order valence-electron chi connectivity index (χ3n) is 4.22. The Hall–Kier alpha value is -3.74. The van der Waals surface area contributed by atoms with Crippen molar-refractivity contribution in [3.63, 3.8) is 0 Å². The zero-order valence-corrected chi connectivity index (χ0v) is 16.8. The van der Waals surface area contributed by atoms with Crippen LogP contribution in [-0.4, -0.2) is 23.8 Å². The van der Waals surface area contributed by atoms with Crippen molar-refractivity contribution in [2.75, 3.05) is 24.9 Å². The minimum atomic E-state index is 0.465. The molecule has 150 valence electrons. The molecule has 7 heteroatoms. The molecule has 3 aromatic rings. The first-order valence-electron chi connectivity index (χ1n) is 9.12. The Labute approximate surface area is 170 Å². The molecule has 0 atom stereocenters. The summed E-state index contributed by atoms with van der Waals surface area (Å²) < 4.78 is 12.5. The predicted molar refractivity (Wildman–Crippen MR) is 115 cm³/mol. The van der Waals surface area contributed by atoms with E-state index in [9.17, 15) is 0 Å². The van der Waals surface area contributed by atoms with Gasteiger partial charge in [0.1, 0.15) is 17.3 Å². The molecule has 2 aromatic carbocycles. The van der Waals surface area contributed by atoms with Crippen LogP contribution in [0.3, 0.4) is 0 Å². The largest absolute Gasteiger partial charge is 0.497 e. The van der Waals surface area contributed by atoms with Crippen molar-refractivity contribution >= 4 is 11.5 Å². The molecule has 0 aliphatic rings. The van der Waals surface area contributed by atoms with E-state index >= 15 is 0 Å². The summed E-state index contributed by atoms with van der Waals surface area (Å²) >= 11 is 0. The summed E-state index contributed by atoms with van der Waals surface area (Å²) in [4.78, 5) is 9.06. The number of methoxy groups -OCH3 is 2. The molecule has 1 heterocycles. The first kappa shape index (κ1) is 20.0. The normalized spacial score (nSPS) is 11.1. The number of rotatable bonds is 8. The number of hydrogen-bond donors (Lipinski definition) is 2. The van der Waals surface area contributed by atoms with Crippen LogP contribution < -0.4 is 25.6 Å². The molecule has 0 unspecified atom stereocenters. The molecule has 0 amide bonds. The van der Waals surface area contributed by atoms with Crippen molar-refractivity contribution in [2.45, 2.75) is 6.54 Å². The van der Waals surface area contributed by atoms with Crippen LogP contribution in [0.4, 0.5) is 11.5 Å². The van der Waals surface area contributed by atoms with E-state index in [4.69, 9.17) is 9.47 Å². The quantitative estimate of drug-likeness (QED) is 0.615. The highest BCUT2D eigenvalue weighted by Crippen LogP contribution is 2.26. The standard InChI is InChI=1S/C22H25N5O2/c1-16(25-18-12-19(28-3)14-20(13-18)29-4)26-22-21(23-10-11-27(22)2)24-15-17-8-6-5-7-9-17/h5-14,25H,1,15H2,2-4H3,(H,23,24)/b26-22-. The average Bonchev–Trinajstić information content (AvgIpc) is 2.74. The van der Waals surface area contributed by atoms with E-state index in [0.717, 1.165) is 11.3 Å². The fourth-order valence-electron chi connectivity index (χ4n) is 2.74. The van der Waals surface area contributed by atoms with Crippen LogP contribution in [0.2, 0.25) is 0 Å². The minimum absolute atomic E-state index is 0.465. The molecule has 0 spiro atoms. The van der Waals surface area contributed by atoms with E-state index in [0.29, 0.717) is 35.2 Å². The van der Waals surface area contributed by atoms with Gasteiger partial charge in [0.2, 0.25) is 0 Å². The van der Waals surface area contributed by atoms with Gasteiger partial charge in [0.15, 0.2) is 11.3 Å². The van der Waals surface area contributed by atoms with Gasteiger partial charge in [-0.25, -0.2) is 9.98 Å². The highest BCUT2D eigenvalue weighted by Gasteiger charge is 2.05. The Morgan fingerprint density at radius 2 is 1.79 bits per heavy atom. The molecule has 1 aromatic heterocycles. The third kappa shape index (κ3) is 5.38. The summed E-state index contributed by atoms with van der Waals surface area (Å²) in [5.41, 5.74) is 2.59. The zero-order chi connectivity index (χ0) is 20.6. The van der Waals surface area contributed by atoms with Crippen LogP contribution >= 0.6 is 0 Å². The van der Waals surface area contributed by atoms with Gasteiger partial charge in [-0.1, -0.05) is 36.9 Å². The number of nitrogens with one attached hydrogen (secondary N) is 2. The van der Waals surface area contributed by atoms with E-state index in [2.05, 4.69) is 39.3 Å². The van der Waals surface area contributed by atoms with Crippen molar-refractivity contribution in [1.82, 2.24) is 9.55 Å². The molecule has 0 aliphatic heterocycles. The predicted octanol–water partition coefficient (Wildman–Crippen LogP) is 3.53. The van der Waals surface area contributed by atoms with E-state index in [1.165, 1.54) is 0 Å². The molecular weight excluding hydrogens is 366 g/mol. The first-order chi connectivity index (χ1) is 14.1. The van der Waals surface area contributed by atoms with Crippen molar-refractivity contribution < 1.29 is 9.47 Å². The lowest BCUT2D eigenvalue weighted by molar-refractivity contribution is 0.395. The van der Waals surface area contributed by atoms with Crippen LogP contribution in [-0.2, 0) is 13.6 Å². The van der Waals surface area contributed by atoms with Crippen LogP contribution in [0.15, 0.2) is 78.3 Å². The van der Waals surface area contributed by atoms with E-state index in [-0.39, 0.29) is 0 Å². The molecule has 0 aliphatic carbocycles. The van der Waals surface area contributed by atoms with Crippen molar-refractivity contribution in [1.29, 1.82) is 0 Å². The minimum Gasteiger partial charge on any atom is -0.497 e.